The van der Waals surface area contributed by atoms with Crippen molar-refractivity contribution in [2.45, 2.75) is 26.2 Å². The van der Waals surface area contributed by atoms with Gasteiger partial charge < -0.3 is 19.9 Å². The van der Waals surface area contributed by atoms with Gasteiger partial charge in [-0.1, -0.05) is 30.3 Å². The van der Waals surface area contributed by atoms with E-state index in [0.717, 1.165) is 68.2 Å². The summed E-state index contributed by atoms with van der Waals surface area (Å²) >= 11 is 0. The number of hydrogen-bond donors (Lipinski definition) is 1. The number of benzene rings is 2. The topological polar surface area (TPSA) is 61.9 Å². The molecule has 2 saturated heterocycles. The number of rotatable bonds is 5. The van der Waals surface area contributed by atoms with Crippen LogP contribution in [0.1, 0.15) is 24.0 Å². The number of carbonyl (C=O) groups is 2. The monoisotopic (exact) mass is 421 g/mol. The number of nitrogens with zero attached hydrogens (tertiary/aromatic N) is 2. The van der Waals surface area contributed by atoms with Crippen LogP contribution in [-0.4, -0.2) is 56.1 Å². The molecule has 2 aliphatic heterocycles. The highest BCUT2D eigenvalue weighted by Gasteiger charge is 2.28. The third-order valence-corrected chi connectivity index (χ3v) is 6.19. The highest BCUT2D eigenvalue weighted by atomic mass is 16.5. The Labute approximate surface area is 184 Å². The van der Waals surface area contributed by atoms with Crippen LogP contribution in [0.2, 0.25) is 0 Å². The van der Waals surface area contributed by atoms with Crippen LogP contribution in [0.15, 0.2) is 48.5 Å². The third-order valence-electron chi connectivity index (χ3n) is 6.19. The first-order valence-electron chi connectivity index (χ1n) is 11.2. The van der Waals surface area contributed by atoms with E-state index in [2.05, 4.69) is 22.3 Å². The number of ether oxygens (including phenoxy) is 1. The smallest absolute Gasteiger partial charge is 0.229 e. The minimum absolute atomic E-state index is 0.000524. The maximum atomic E-state index is 13.0. The van der Waals surface area contributed by atoms with Crippen molar-refractivity contribution >= 4 is 23.2 Å². The molecule has 164 valence electrons. The Hall–Kier alpha value is -2.86. The summed E-state index contributed by atoms with van der Waals surface area (Å²) in [4.78, 5) is 29.8. The van der Waals surface area contributed by atoms with Crippen LogP contribution in [0.3, 0.4) is 0 Å². The van der Waals surface area contributed by atoms with Crippen LogP contribution in [0.5, 0.6) is 0 Å². The number of amides is 2. The second kappa shape index (κ2) is 9.96. The fourth-order valence-electron chi connectivity index (χ4n) is 4.34. The van der Waals surface area contributed by atoms with Gasteiger partial charge in [0.15, 0.2) is 0 Å². The molecule has 2 aromatic carbocycles. The third kappa shape index (κ3) is 5.44. The standard InChI is InChI=1S/C25H31N3O3/c1-19-16-22(27-12-14-31-15-13-27)9-10-23(19)26-25(30)21-8-5-11-28(18-21)24(29)17-20-6-3-2-4-7-20/h2-4,6-7,9-10,16,21H,5,8,11-15,17-18H2,1H3,(H,26,30). The zero-order chi connectivity index (χ0) is 21.6. The number of morpholine rings is 1. The normalized spacial score (nSPS) is 19.2. The van der Waals surface area contributed by atoms with Crippen molar-refractivity contribution < 1.29 is 14.3 Å². The predicted octanol–water partition coefficient (Wildman–Crippen LogP) is 3.25. The quantitative estimate of drug-likeness (QED) is 0.805. The number of likely N-dealkylation sites (tertiary alicyclic amines) is 1. The molecule has 2 amide bonds. The summed E-state index contributed by atoms with van der Waals surface area (Å²) in [5.41, 5.74) is 4.06. The molecule has 1 atom stereocenters. The molecular weight excluding hydrogens is 390 g/mol. The van der Waals surface area contributed by atoms with Crippen LogP contribution in [-0.2, 0) is 20.7 Å². The number of nitrogens with one attached hydrogen (secondary N) is 1. The lowest BCUT2D eigenvalue weighted by molar-refractivity contribution is -0.133. The molecule has 4 rings (SSSR count). The predicted molar refractivity (Wildman–Crippen MR) is 122 cm³/mol. The van der Waals surface area contributed by atoms with E-state index in [1.165, 1.54) is 0 Å². The van der Waals surface area contributed by atoms with E-state index >= 15 is 0 Å². The molecule has 2 fully saturated rings. The minimum atomic E-state index is -0.174. The molecule has 1 N–H and O–H groups in total. The van der Waals surface area contributed by atoms with Gasteiger partial charge in [0.05, 0.1) is 25.6 Å². The number of piperidine rings is 1. The summed E-state index contributed by atoms with van der Waals surface area (Å²) in [6.07, 6.45) is 2.05. The molecule has 0 saturated carbocycles. The summed E-state index contributed by atoms with van der Waals surface area (Å²) in [6, 6.07) is 15.9. The average Bonchev–Trinajstić information content (AvgIpc) is 2.81. The lowest BCUT2D eigenvalue weighted by Crippen LogP contribution is -2.44. The van der Waals surface area contributed by atoms with E-state index in [9.17, 15) is 9.59 Å². The Morgan fingerprint density at radius 2 is 1.84 bits per heavy atom. The Bertz CT molecular complexity index is 909. The maximum Gasteiger partial charge on any atom is 0.229 e. The minimum Gasteiger partial charge on any atom is -0.378 e. The Kier molecular flexibility index (Phi) is 6.87. The zero-order valence-corrected chi connectivity index (χ0v) is 18.2. The van der Waals surface area contributed by atoms with E-state index in [-0.39, 0.29) is 17.7 Å². The van der Waals surface area contributed by atoms with Gasteiger partial charge in [0.2, 0.25) is 11.8 Å². The molecule has 0 bridgehead atoms. The van der Waals surface area contributed by atoms with E-state index in [1.807, 2.05) is 48.2 Å². The summed E-state index contributed by atoms with van der Waals surface area (Å²) in [5, 5.41) is 3.10. The summed E-state index contributed by atoms with van der Waals surface area (Å²) in [6.45, 7) is 6.51. The first-order chi connectivity index (χ1) is 15.1. The summed E-state index contributed by atoms with van der Waals surface area (Å²) in [7, 11) is 0. The summed E-state index contributed by atoms with van der Waals surface area (Å²) < 4.78 is 5.43. The van der Waals surface area contributed by atoms with Crippen LogP contribution < -0.4 is 10.2 Å². The van der Waals surface area contributed by atoms with Crippen molar-refractivity contribution in [2.75, 3.05) is 49.6 Å². The number of hydrogen-bond acceptors (Lipinski definition) is 4. The summed E-state index contributed by atoms with van der Waals surface area (Å²) in [5.74, 6) is -0.0824. The van der Waals surface area contributed by atoms with Gasteiger partial charge in [-0.25, -0.2) is 0 Å². The Morgan fingerprint density at radius 3 is 2.58 bits per heavy atom. The first kappa shape index (κ1) is 21.4. The van der Waals surface area contributed by atoms with Crippen molar-refractivity contribution in [2.24, 2.45) is 5.92 Å². The molecule has 2 aromatic rings. The second-order valence-corrected chi connectivity index (χ2v) is 8.43. The van der Waals surface area contributed by atoms with Gasteiger partial charge in [0.25, 0.3) is 0 Å². The first-order valence-corrected chi connectivity index (χ1v) is 11.2. The van der Waals surface area contributed by atoms with Gasteiger partial charge in [-0.3, -0.25) is 9.59 Å². The van der Waals surface area contributed by atoms with Gasteiger partial charge in [0.1, 0.15) is 0 Å². The molecule has 0 aromatic heterocycles. The molecule has 2 heterocycles. The molecule has 6 nitrogen and oxygen atoms in total. The molecule has 0 aliphatic carbocycles. The largest absolute Gasteiger partial charge is 0.378 e. The molecule has 2 aliphatic rings. The van der Waals surface area contributed by atoms with E-state index in [1.54, 1.807) is 0 Å². The molecule has 6 heteroatoms. The van der Waals surface area contributed by atoms with Crippen molar-refractivity contribution in [3.05, 3.63) is 59.7 Å². The van der Waals surface area contributed by atoms with E-state index in [4.69, 9.17) is 4.74 Å². The Balaban J connectivity index is 1.35. The van der Waals surface area contributed by atoms with Crippen LogP contribution in [0.4, 0.5) is 11.4 Å². The van der Waals surface area contributed by atoms with Crippen molar-refractivity contribution in [1.82, 2.24) is 4.90 Å². The maximum absolute atomic E-state index is 13.0. The zero-order valence-electron chi connectivity index (χ0n) is 18.2. The van der Waals surface area contributed by atoms with Crippen LogP contribution >= 0.6 is 0 Å². The van der Waals surface area contributed by atoms with Crippen LogP contribution in [0, 0.1) is 12.8 Å². The SMILES string of the molecule is Cc1cc(N2CCOCC2)ccc1NC(=O)C1CCCN(C(=O)Cc2ccccc2)C1. The number of anilines is 2. The molecular formula is C25H31N3O3. The van der Waals surface area contributed by atoms with Crippen molar-refractivity contribution in [3.63, 3.8) is 0 Å². The molecule has 0 spiro atoms. The molecule has 1 unspecified atom stereocenters. The van der Waals surface area contributed by atoms with Gasteiger partial charge in [-0.05, 0) is 49.1 Å². The fraction of sp³-hybridized carbons (Fsp3) is 0.440. The lowest BCUT2D eigenvalue weighted by Gasteiger charge is -2.32. The number of aryl methyl sites for hydroxylation is 1. The highest BCUT2D eigenvalue weighted by Crippen LogP contribution is 2.25. The van der Waals surface area contributed by atoms with E-state index in [0.29, 0.717) is 13.0 Å². The van der Waals surface area contributed by atoms with Crippen LogP contribution in [0.25, 0.3) is 0 Å². The number of carbonyl (C=O) groups excluding carboxylic acids is 2. The Morgan fingerprint density at radius 1 is 1.06 bits per heavy atom. The van der Waals surface area contributed by atoms with E-state index < -0.39 is 0 Å². The average molecular weight is 422 g/mol. The molecule has 0 radical (unpaired) electrons. The van der Waals surface area contributed by atoms with Gasteiger partial charge in [-0.15, -0.1) is 0 Å². The lowest BCUT2D eigenvalue weighted by atomic mass is 9.96. The highest BCUT2D eigenvalue weighted by molar-refractivity contribution is 5.94. The van der Waals surface area contributed by atoms with Gasteiger partial charge in [-0.2, -0.15) is 0 Å². The van der Waals surface area contributed by atoms with Gasteiger partial charge >= 0.3 is 0 Å². The van der Waals surface area contributed by atoms with Gasteiger partial charge in [0, 0.05) is 37.6 Å². The molecule has 31 heavy (non-hydrogen) atoms. The van der Waals surface area contributed by atoms with Crippen molar-refractivity contribution in [1.29, 1.82) is 0 Å². The second-order valence-electron chi connectivity index (χ2n) is 8.43. The fourth-order valence-corrected chi connectivity index (χ4v) is 4.34. The van der Waals surface area contributed by atoms with Crippen molar-refractivity contribution in [3.8, 4) is 0 Å².